The van der Waals surface area contributed by atoms with Gasteiger partial charge in [-0.1, -0.05) is 12.1 Å². The van der Waals surface area contributed by atoms with E-state index in [4.69, 9.17) is 23.3 Å². The summed E-state index contributed by atoms with van der Waals surface area (Å²) in [7, 11) is -0.850. The van der Waals surface area contributed by atoms with E-state index in [9.17, 15) is 9.59 Å². The third kappa shape index (κ3) is 4.55. The summed E-state index contributed by atoms with van der Waals surface area (Å²) in [6.07, 6.45) is 0. The second-order valence-electron chi connectivity index (χ2n) is 5.99. The highest BCUT2D eigenvalue weighted by Crippen LogP contribution is 2.31. The Balaban J connectivity index is 0.000000431. The Labute approximate surface area is 150 Å². The molecular formula is C16H19N3O6S. The zero-order chi connectivity index (χ0) is 19.6. The van der Waals surface area contributed by atoms with Crippen molar-refractivity contribution in [1.82, 2.24) is 9.80 Å². The molecule has 0 saturated heterocycles. The summed E-state index contributed by atoms with van der Waals surface area (Å²) in [5.74, 6) is -0.498. The van der Waals surface area contributed by atoms with Crippen molar-refractivity contribution in [2.24, 2.45) is 0 Å². The normalized spacial score (nSPS) is 13.8. The fourth-order valence-electron chi connectivity index (χ4n) is 2.68. The zero-order valence-electron chi connectivity index (χ0n) is 14.2. The van der Waals surface area contributed by atoms with Gasteiger partial charge < -0.3 is 10.6 Å². The van der Waals surface area contributed by atoms with Gasteiger partial charge in [0.15, 0.2) is 0 Å². The molecule has 0 fully saturated rings. The molecule has 3 rings (SSSR count). The number of anilines is 1. The van der Waals surface area contributed by atoms with E-state index in [0.717, 1.165) is 5.39 Å². The van der Waals surface area contributed by atoms with Crippen molar-refractivity contribution in [2.75, 3.05) is 32.9 Å². The SMILES string of the molecule is CN(C)CCN1C(=O)c2cccc3cc(N)cc(c23)C1=O.O=S(=O)(O)O. The summed E-state index contributed by atoms with van der Waals surface area (Å²) < 4.78 is 31.6. The Morgan fingerprint density at radius 3 is 2.23 bits per heavy atom. The van der Waals surface area contributed by atoms with E-state index in [-0.39, 0.29) is 11.8 Å². The summed E-state index contributed by atoms with van der Waals surface area (Å²) >= 11 is 0. The fourth-order valence-corrected chi connectivity index (χ4v) is 2.68. The van der Waals surface area contributed by atoms with Gasteiger partial charge in [0.2, 0.25) is 0 Å². The van der Waals surface area contributed by atoms with Crippen molar-refractivity contribution in [3.8, 4) is 0 Å². The quantitative estimate of drug-likeness (QED) is 0.405. The van der Waals surface area contributed by atoms with E-state index in [1.165, 1.54) is 4.90 Å². The Kier molecular flexibility index (Phi) is 5.62. The lowest BCUT2D eigenvalue weighted by Crippen LogP contribution is -2.43. The number of amides is 2. The number of nitrogen functional groups attached to an aromatic ring is 1. The molecule has 10 heteroatoms. The molecule has 1 aliphatic rings. The maximum absolute atomic E-state index is 12.6. The van der Waals surface area contributed by atoms with Crippen LogP contribution in [0.4, 0.5) is 5.69 Å². The molecule has 26 heavy (non-hydrogen) atoms. The lowest BCUT2D eigenvalue weighted by molar-refractivity contribution is 0.0601. The molecule has 1 heterocycles. The number of rotatable bonds is 3. The van der Waals surface area contributed by atoms with Crippen LogP contribution in [0.2, 0.25) is 0 Å². The van der Waals surface area contributed by atoms with Gasteiger partial charge in [-0.3, -0.25) is 23.6 Å². The predicted molar refractivity (Wildman–Crippen MR) is 96.5 cm³/mol. The van der Waals surface area contributed by atoms with Crippen LogP contribution < -0.4 is 5.73 Å². The van der Waals surface area contributed by atoms with Crippen LogP contribution >= 0.6 is 0 Å². The average Bonchev–Trinajstić information content (AvgIpc) is 2.50. The molecule has 2 aromatic rings. The molecule has 2 aromatic carbocycles. The average molecular weight is 381 g/mol. The van der Waals surface area contributed by atoms with Crippen molar-refractivity contribution in [3.63, 3.8) is 0 Å². The Morgan fingerprint density at radius 2 is 1.65 bits per heavy atom. The summed E-state index contributed by atoms with van der Waals surface area (Å²) in [4.78, 5) is 28.4. The first-order chi connectivity index (χ1) is 12.0. The van der Waals surface area contributed by atoms with E-state index < -0.39 is 10.4 Å². The summed E-state index contributed by atoms with van der Waals surface area (Å²) in [6, 6.07) is 8.90. The molecule has 1 aliphatic heterocycles. The number of nitrogens with zero attached hydrogens (tertiary/aromatic N) is 2. The molecule has 0 aliphatic carbocycles. The number of imide groups is 1. The van der Waals surface area contributed by atoms with E-state index in [1.54, 1.807) is 18.2 Å². The van der Waals surface area contributed by atoms with Crippen molar-refractivity contribution < 1.29 is 27.1 Å². The lowest BCUT2D eigenvalue weighted by Gasteiger charge is -2.28. The molecule has 140 valence electrons. The van der Waals surface area contributed by atoms with Crippen molar-refractivity contribution in [3.05, 3.63) is 41.5 Å². The largest absolute Gasteiger partial charge is 0.399 e. The molecule has 0 unspecified atom stereocenters. The van der Waals surface area contributed by atoms with Gasteiger partial charge in [-0.15, -0.1) is 0 Å². The molecule has 0 atom stereocenters. The Morgan fingerprint density at radius 1 is 1.08 bits per heavy atom. The van der Waals surface area contributed by atoms with Crippen LogP contribution in [0, 0.1) is 0 Å². The van der Waals surface area contributed by atoms with Gasteiger partial charge in [0.25, 0.3) is 11.8 Å². The van der Waals surface area contributed by atoms with Crippen molar-refractivity contribution in [1.29, 1.82) is 0 Å². The van der Waals surface area contributed by atoms with Gasteiger partial charge in [0, 0.05) is 29.7 Å². The number of hydrogen-bond acceptors (Lipinski definition) is 6. The highest BCUT2D eigenvalue weighted by molar-refractivity contribution is 7.79. The van der Waals surface area contributed by atoms with Gasteiger partial charge >= 0.3 is 10.4 Å². The van der Waals surface area contributed by atoms with E-state index in [1.807, 2.05) is 31.1 Å². The molecule has 0 spiro atoms. The first-order valence-electron chi connectivity index (χ1n) is 7.52. The van der Waals surface area contributed by atoms with Crippen LogP contribution in [-0.2, 0) is 10.4 Å². The third-order valence-electron chi connectivity index (χ3n) is 3.72. The smallest absolute Gasteiger partial charge is 0.394 e. The highest BCUT2D eigenvalue weighted by atomic mass is 32.3. The van der Waals surface area contributed by atoms with Crippen molar-refractivity contribution >= 4 is 38.7 Å². The lowest BCUT2D eigenvalue weighted by atomic mass is 9.93. The van der Waals surface area contributed by atoms with E-state index in [2.05, 4.69) is 0 Å². The Bertz CT molecular complexity index is 963. The molecule has 0 bridgehead atoms. The van der Waals surface area contributed by atoms with Gasteiger partial charge in [-0.25, -0.2) is 0 Å². The highest BCUT2D eigenvalue weighted by Gasteiger charge is 2.32. The van der Waals surface area contributed by atoms with Gasteiger partial charge in [0.1, 0.15) is 0 Å². The second kappa shape index (κ2) is 7.38. The monoisotopic (exact) mass is 381 g/mol. The zero-order valence-corrected chi connectivity index (χ0v) is 15.0. The Hall–Kier alpha value is -2.53. The topological polar surface area (TPSA) is 141 Å². The standard InChI is InChI=1S/C16H17N3O2.H2O4S/c1-18(2)6-7-19-15(20)12-5-3-4-10-8-11(17)9-13(14(10)12)16(19)21;1-5(2,3)4/h3-5,8-9H,6-7,17H2,1-2H3;(H2,1,2,3,4). The van der Waals surface area contributed by atoms with E-state index >= 15 is 0 Å². The number of carbonyl (C=O) groups excluding carboxylic acids is 2. The minimum atomic E-state index is -4.67. The van der Waals surface area contributed by atoms with Crippen LogP contribution in [-0.4, -0.2) is 66.3 Å². The third-order valence-corrected chi connectivity index (χ3v) is 3.72. The number of hydrogen-bond donors (Lipinski definition) is 3. The minimum Gasteiger partial charge on any atom is -0.399 e. The van der Waals surface area contributed by atoms with Gasteiger partial charge in [0.05, 0.1) is 5.56 Å². The maximum atomic E-state index is 12.6. The molecule has 4 N–H and O–H groups in total. The first-order valence-corrected chi connectivity index (χ1v) is 8.92. The van der Waals surface area contributed by atoms with Crippen LogP contribution in [0.1, 0.15) is 20.7 Å². The number of likely N-dealkylation sites (N-methyl/N-ethyl adjacent to an activating group) is 1. The minimum absolute atomic E-state index is 0.232. The van der Waals surface area contributed by atoms with Crippen LogP contribution in [0.25, 0.3) is 10.8 Å². The fraction of sp³-hybridized carbons (Fsp3) is 0.250. The first kappa shape index (κ1) is 19.8. The molecule has 0 radical (unpaired) electrons. The van der Waals surface area contributed by atoms with Gasteiger partial charge in [-0.2, -0.15) is 8.42 Å². The van der Waals surface area contributed by atoms with Crippen LogP contribution in [0.15, 0.2) is 30.3 Å². The van der Waals surface area contributed by atoms with E-state index in [0.29, 0.717) is 35.3 Å². The molecular weight excluding hydrogens is 362 g/mol. The molecule has 0 aromatic heterocycles. The molecule has 0 saturated carbocycles. The van der Waals surface area contributed by atoms with Crippen molar-refractivity contribution in [2.45, 2.75) is 0 Å². The number of nitrogens with two attached hydrogens (primary N) is 1. The van der Waals surface area contributed by atoms with Crippen LogP contribution in [0.5, 0.6) is 0 Å². The summed E-state index contributed by atoms with van der Waals surface area (Å²) in [5, 5.41) is 1.54. The molecule has 2 amide bonds. The van der Waals surface area contributed by atoms with Gasteiger partial charge in [-0.05, 0) is 37.7 Å². The maximum Gasteiger partial charge on any atom is 0.394 e. The molecule has 9 nitrogen and oxygen atoms in total. The summed E-state index contributed by atoms with van der Waals surface area (Å²) in [5.41, 5.74) is 7.49. The number of benzene rings is 2. The second-order valence-corrected chi connectivity index (χ2v) is 6.88. The predicted octanol–water partition coefficient (Wildman–Crippen LogP) is 0.927. The van der Waals surface area contributed by atoms with Crippen LogP contribution in [0.3, 0.4) is 0 Å². The number of carbonyl (C=O) groups is 2. The summed E-state index contributed by atoms with van der Waals surface area (Å²) in [6.45, 7) is 1.00.